The van der Waals surface area contributed by atoms with Gasteiger partial charge in [-0.1, -0.05) is 18.9 Å². The van der Waals surface area contributed by atoms with Crippen molar-refractivity contribution in [2.45, 2.75) is 31.7 Å². The van der Waals surface area contributed by atoms with Crippen LogP contribution in [0.25, 0.3) is 0 Å². The van der Waals surface area contributed by atoms with E-state index in [1.54, 1.807) is 13.1 Å². The van der Waals surface area contributed by atoms with Crippen LogP contribution in [0.4, 0.5) is 17.1 Å². The first kappa shape index (κ1) is 12.7. The largest absolute Gasteiger partial charge is 0.382 e. The van der Waals surface area contributed by atoms with E-state index >= 15 is 0 Å². The fourth-order valence-electron chi connectivity index (χ4n) is 2.70. The highest BCUT2D eigenvalue weighted by Crippen LogP contribution is 2.37. The first-order valence-corrected chi connectivity index (χ1v) is 6.33. The Morgan fingerprint density at radius 3 is 2.61 bits per heavy atom. The average molecular weight is 249 g/mol. The third-order valence-electron chi connectivity index (χ3n) is 3.72. The van der Waals surface area contributed by atoms with Gasteiger partial charge in [-0.05, 0) is 25.0 Å². The quantitative estimate of drug-likeness (QED) is 0.658. The van der Waals surface area contributed by atoms with Crippen molar-refractivity contribution in [3.63, 3.8) is 0 Å². The number of anilines is 2. The van der Waals surface area contributed by atoms with Crippen LogP contribution in [0, 0.1) is 10.1 Å². The summed E-state index contributed by atoms with van der Waals surface area (Å²) >= 11 is 0. The molecule has 0 aliphatic heterocycles. The molecule has 0 aromatic heterocycles. The summed E-state index contributed by atoms with van der Waals surface area (Å²) in [4.78, 5) is 13.0. The van der Waals surface area contributed by atoms with Gasteiger partial charge in [-0.25, -0.2) is 0 Å². The Kier molecular flexibility index (Phi) is 3.69. The molecule has 0 unspecified atom stereocenters. The number of nitro groups is 1. The van der Waals surface area contributed by atoms with Gasteiger partial charge in [0.15, 0.2) is 0 Å². The fourth-order valence-corrected chi connectivity index (χ4v) is 2.70. The molecule has 1 saturated carbocycles. The smallest absolute Gasteiger partial charge is 0.315 e. The van der Waals surface area contributed by atoms with Crippen LogP contribution in [0.3, 0.4) is 0 Å². The zero-order chi connectivity index (χ0) is 13.1. The molecule has 0 heterocycles. The number of nitrogens with zero attached hydrogens (tertiary/aromatic N) is 2. The predicted octanol–water partition coefficient (Wildman–Crippen LogP) is 3.02. The van der Waals surface area contributed by atoms with E-state index in [0.717, 1.165) is 12.8 Å². The molecule has 18 heavy (non-hydrogen) atoms. The van der Waals surface area contributed by atoms with Gasteiger partial charge in [-0.3, -0.25) is 10.1 Å². The number of hydrogen-bond donors (Lipinski definition) is 1. The summed E-state index contributed by atoms with van der Waals surface area (Å²) < 4.78 is 0. The molecule has 0 amide bonds. The zero-order valence-electron chi connectivity index (χ0n) is 10.8. The summed E-state index contributed by atoms with van der Waals surface area (Å²) in [6, 6.07) is 5.86. The van der Waals surface area contributed by atoms with Crippen molar-refractivity contribution in [3.05, 3.63) is 28.3 Å². The Morgan fingerprint density at radius 1 is 1.39 bits per heavy atom. The molecule has 1 aliphatic rings. The zero-order valence-corrected chi connectivity index (χ0v) is 10.8. The first-order chi connectivity index (χ1) is 8.65. The number of nitro benzene ring substituents is 1. The molecule has 1 aliphatic carbocycles. The van der Waals surface area contributed by atoms with Crippen LogP contribution in [0.15, 0.2) is 18.2 Å². The maximum atomic E-state index is 11.3. The number of rotatable bonds is 4. The van der Waals surface area contributed by atoms with Crippen LogP contribution in [0.1, 0.15) is 25.7 Å². The number of hydrogen-bond acceptors (Lipinski definition) is 4. The van der Waals surface area contributed by atoms with Crippen LogP contribution >= 0.6 is 0 Å². The summed E-state index contributed by atoms with van der Waals surface area (Å²) in [5, 5.41) is 14.2. The van der Waals surface area contributed by atoms with Gasteiger partial charge >= 0.3 is 5.69 Å². The number of para-hydroxylation sites is 1. The molecule has 1 aromatic rings. The minimum atomic E-state index is -0.299. The lowest BCUT2D eigenvalue weighted by Crippen LogP contribution is -2.29. The highest BCUT2D eigenvalue weighted by molar-refractivity contribution is 5.77. The van der Waals surface area contributed by atoms with Crippen LogP contribution in [-0.2, 0) is 0 Å². The molecule has 1 aromatic carbocycles. The Labute approximate surface area is 107 Å². The summed E-state index contributed by atoms with van der Waals surface area (Å²) in [7, 11) is 3.67. The second-order valence-electron chi connectivity index (χ2n) is 4.73. The normalized spacial score (nSPS) is 15.7. The molecule has 98 valence electrons. The van der Waals surface area contributed by atoms with E-state index in [4.69, 9.17) is 0 Å². The predicted molar refractivity (Wildman–Crippen MR) is 73.3 cm³/mol. The summed E-state index contributed by atoms with van der Waals surface area (Å²) in [6.07, 6.45) is 4.68. The molecular weight excluding hydrogens is 230 g/mol. The second-order valence-corrected chi connectivity index (χ2v) is 4.73. The van der Waals surface area contributed by atoms with Crippen molar-refractivity contribution in [2.75, 3.05) is 24.3 Å². The molecule has 2 rings (SSSR count). The summed E-state index contributed by atoms with van der Waals surface area (Å²) in [6.45, 7) is 0. The van der Waals surface area contributed by atoms with Gasteiger partial charge in [-0.2, -0.15) is 0 Å². The van der Waals surface area contributed by atoms with Crippen LogP contribution in [0.2, 0.25) is 0 Å². The topological polar surface area (TPSA) is 58.4 Å². The van der Waals surface area contributed by atoms with E-state index < -0.39 is 0 Å². The van der Waals surface area contributed by atoms with Crippen LogP contribution < -0.4 is 10.2 Å². The highest BCUT2D eigenvalue weighted by Gasteiger charge is 2.27. The molecule has 1 fully saturated rings. The minimum absolute atomic E-state index is 0.175. The SMILES string of the molecule is CNc1cccc(N(C)C2CCCC2)c1[N+](=O)[O-]. The molecule has 0 spiro atoms. The van der Waals surface area contributed by atoms with Gasteiger partial charge < -0.3 is 10.2 Å². The van der Waals surface area contributed by atoms with E-state index in [9.17, 15) is 10.1 Å². The fraction of sp³-hybridized carbons (Fsp3) is 0.538. The molecule has 0 saturated heterocycles. The summed E-state index contributed by atoms with van der Waals surface area (Å²) in [5.41, 5.74) is 1.45. The van der Waals surface area contributed by atoms with Crippen LogP contribution in [0.5, 0.6) is 0 Å². The Hall–Kier alpha value is -1.78. The van der Waals surface area contributed by atoms with Crippen molar-refractivity contribution >= 4 is 17.1 Å². The van der Waals surface area contributed by atoms with E-state index in [2.05, 4.69) is 10.2 Å². The van der Waals surface area contributed by atoms with Gasteiger partial charge in [-0.15, -0.1) is 0 Å². The van der Waals surface area contributed by atoms with E-state index in [1.165, 1.54) is 12.8 Å². The lowest BCUT2D eigenvalue weighted by atomic mass is 10.1. The van der Waals surface area contributed by atoms with Gasteiger partial charge in [0, 0.05) is 20.1 Å². The van der Waals surface area contributed by atoms with Crippen molar-refractivity contribution in [1.82, 2.24) is 0 Å². The minimum Gasteiger partial charge on any atom is -0.382 e. The third-order valence-corrected chi connectivity index (χ3v) is 3.72. The monoisotopic (exact) mass is 249 g/mol. The van der Waals surface area contributed by atoms with Gasteiger partial charge in [0.2, 0.25) is 0 Å². The van der Waals surface area contributed by atoms with Crippen molar-refractivity contribution in [3.8, 4) is 0 Å². The lowest BCUT2D eigenvalue weighted by molar-refractivity contribution is -0.383. The summed E-state index contributed by atoms with van der Waals surface area (Å²) in [5.74, 6) is 0. The molecule has 0 atom stereocenters. The molecular formula is C13H19N3O2. The standard InChI is InChI=1S/C13H19N3O2/c1-14-11-8-5-9-12(13(11)16(17)18)15(2)10-6-3-4-7-10/h5,8-10,14H,3-4,6-7H2,1-2H3. The maximum Gasteiger partial charge on any atom is 0.315 e. The lowest BCUT2D eigenvalue weighted by Gasteiger charge is -2.26. The van der Waals surface area contributed by atoms with Crippen molar-refractivity contribution in [1.29, 1.82) is 0 Å². The van der Waals surface area contributed by atoms with Crippen LogP contribution in [-0.4, -0.2) is 25.1 Å². The van der Waals surface area contributed by atoms with Gasteiger partial charge in [0.05, 0.1) is 4.92 Å². The molecule has 0 radical (unpaired) electrons. The average Bonchev–Trinajstić information content (AvgIpc) is 2.90. The van der Waals surface area contributed by atoms with Crippen molar-refractivity contribution < 1.29 is 4.92 Å². The Morgan fingerprint density at radius 2 is 2.06 bits per heavy atom. The third kappa shape index (κ3) is 2.25. The molecule has 5 heteroatoms. The van der Waals surface area contributed by atoms with E-state index in [-0.39, 0.29) is 10.6 Å². The van der Waals surface area contributed by atoms with E-state index in [0.29, 0.717) is 17.4 Å². The molecule has 5 nitrogen and oxygen atoms in total. The number of nitrogens with one attached hydrogen (secondary N) is 1. The van der Waals surface area contributed by atoms with E-state index in [1.807, 2.05) is 19.2 Å². The Balaban J connectivity index is 2.39. The van der Waals surface area contributed by atoms with Crippen molar-refractivity contribution in [2.24, 2.45) is 0 Å². The number of benzene rings is 1. The van der Waals surface area contributed by atoms with Gasteiger partial charge in [0.1, 0.15) is 11.4 Å². The highest BCUT2D eigenvalue weighted by atomic mass is 16.6. The second kappa shape index (κ2) is 5.25. The molecule has 1 N–H and O–H groups in total. The first-order valence-electron chi connectivity index (χ1n) is 6.33. The maximum absolute atomic E-state index is 11.3. The molecule has 0 bridgehead atoms. The Bertz CT molecular complexity index is 442. The van der Waals surface area contributed by atoms with Gasteiger partial charge in [0.25, 0.3) is 0 Å².